The largest absolute Gasteiger partial charge is 0.326 e. The smallest absolute Gasteiger partial charge is 0.251 e. The van der Waals surface area contributed by atoms with E-state index in [0.29, 0.717) is 4.88 Å². The minimum atomic E-state index is -3.85. The number of nitrogens with two attached hydrogens (primary N) is 1. The molecule has 0 spiro atoms. The molecule has 0 saturated carbocycles. The Bertz CT molecular complexity index is 416. The zero-order chi connectivity index (χ0) is 11.5. The van der Waals surface area contributed by atoms with Crippen molar-refractivity contribution in [1.82, 2.24) is 4.72 Å². The van der Waals surface area contributed by atoms with E-state index < -0.39 is 23.0 Å². The predicted octanol–water partition coefficient (Wildman–Crippen LogP) is 0.750. The Balaban J connectivity index is 2.86. The van der Waals surface area contributed by atoms with Crippen molar-refractivity contribution >= 4 is 21.4 Å². The fourth-order valence-corrected chi connectivity index (χ4v) is 3.31. The van der Waals surface area contributed by atoms with Gasteiger partial charge in [-0.3, -0.25) is 0 Å². The molecule has 86 valence electrons. The second kappa shape index (κ2) is 4.97. The molecule has 1 aromatic heterocycles. The number of alkyl halides is 2. The Morgan fingerprint density at radius 1 is 1.53 bits per heavy atom. The lowest BCUT2D eigenvalue weighted by atomic mass is 10.5. The van der Waals surface area contributed by atoms with Crippen LogP contribution in [0.3, 0.4) is 0 Å². The van der Waals surface area contributed by atoms with Crippen LogP contribution in [0, 0.1) is 0 Å². The molecule has 0 aromatic carbocycles. The number of halogens is 2. The summed E-state index contributed by atoms with van der Waals surface area (Å²) in [4.78, 5) is 0.437. The first-order valence-corrected chi connectivity index (χ1v) is 6.38. The maximum absolute atomic E-state index is 11.8. The molecular formula is C7H10F2N2O2S2. The lowest BCUT2D eigenvalue weighted by Gasteiger charge is -2.05. The van der Waals surface area contributed by atoms with Crippen molar-refractivity contribution in [2.24, 2.45) is 5.73 Å². The van der Waals surface area contributed by atoms with Gasteiger partial charge in [0.25, 0.3) is 6.43 Å². The van der Waals surface area contributed by atoms with Gasteiger partial charge in [0.2, 0.25) is 10.0 Å². The zero-order valence-electron chi connectivity index (χ0n) is 7.61. The van der Waals surface area contributed by atoms with Crippen LogP contribution in [-0.4, -0.2) is 21.4 Å². The van der Waals surface area contributed by atoms with Gasteiger partial charge in [0.05, 0.1) is 11.4 Å². The van der Waals surface area contributed by atoms with Crippen molar-refractivity contribution in [3.63, 3.8) is 0 Å². The topological polar surface area (TPSA) is 72.2 Å². The van der Waals surface area contributed by atoms with Crippen molar-refractivity contribution in [2.45, 2.75) is 17.9 Å². The van der Waals surface area contributed by atoms with E-state index in [1.165, 1.54) is 17.4 Å². The molecule has 15 heavy (non-hydrogen) atoms. The highest BCUT2D eigenvalue weighted by Crippen LogP contribution is 2.20. The fraction of sp³-hybridized carbons (Fsp3) is 0.429. The molecule has 3 N–H and O–H groups in total. The third-order valence-electron chi connectivity index (χ3n) is 1.61. The second-order valence-electron chi connectivity index (χ2n) is 2.66. The van der Waals surface area contributed by atoms with Crippen LogP contribution in [-0.2, 0) is 16.6 Å². The summed E-state index contributed by atoms with van der Waals surface area (Å²) >= 11 is 1.18. The molecule has 8 heteroatoms. The first-order valence-electron chi connectivity index (χ1n) is 4.01. The highest BCUT2D eigenvalue weighted by Gasteiger charge is 2.20. The molecule has 0 aliphatic rings. The molecule has 0 unspecified atom stereocenters. The van der Waals surface area contributed by atoms with Crippen LogP contribution in [0.5, 0.6) is 0 Å². The summed E-state index contributed by atoms with van der Waals surface area (Å²) in [7, 11) is -3.85. The molecule has 0 saturated heterocycles. The van der Waals surface area contributed by atoms with Gasteiger partial charge in [-0.05, 0) is 11.4 Å². The minimum absolute atomic E-state index is 0.0179. The van der Waals surface area contributed by atoms with Crippen LogP contribution in [0.15, 0.2) is 16.3 Å². The maximum Gasteiger partial charge on any atom is 0.251 e. The normalized spacial score (nSPS) is 12.3. The molecule has 0 amide bonds. The molecular weight excluding hydrogens is 246 g/mol. The van der Waals surface area contributed by atoms with E-state index in [9.17, 15) is 17.2 Å². The molecule has 0 aliphatic carbocycles. The van der Waals surface area contributed by atoms with Crippen molar-refractivity contribution in [3.8, 4) is 0 Å². The Labute approximate surface area is 90.1 Å². The van der Waals surface area contributed by atoms with Crippen LogP contribution >= 0.6 is 11.3 Å². The molecule has 4 nitrogen and oxygen atoms in total. The van der Waals surface area contributed by atoms with Gasteiger partial charge in [-0.2, -0.15) is 0 Å². The number of sulfonamides is 1. The van der Waals surface area contributed by atoms with Crippen LogP contribution < -0.4 is 10.5 Å². The summed E-state index contributed by atoms with van der Waals surface area (Å²) in [5, 5.41) is 1.55. The van der Waals surface area contributed by atoms with E-state index in [1.807, 2.05) is 4.72 Å². The van der Waals surface area contributed by atoms with E-state index in [1.54, 1.807) is 5.38 Å². The Morgan fingerprint density at radius 3 is 2.73 bits per heavy atom. The van der Waals surface area contributed by atoms with Gasteiger partial charge >= 0.3 is 0 Å². The summed E-state index contributed by atoms with van der Waals surface area (Å²) < 4.78 is 48.5. The SMILES string of the molecule is NCc1sccc1S(=O)(=O)NCC(F)F. The Morgan fingerprint density at radius 2 is 2.20 bits per heavy atom. The zero-order valence-corrected chi connectivity index (χ0v) is 9.25. The summed E-state index contributed by atoms with van der Waals surface area (Å²) in [6, 6.07) is 1.35. The first-order chi connectivity index (χ1) is 6.97. The quantitative estimate of drug-likeness (QED) is 0.816. The van der Waals surface area contributed by atoms with Gasteiger partial charge in [-0.15, -0.1) is 11.3 Å². The van der Waals surface area contributed by atoms with E-state index in [2.05, 4.69) is 0 Å². The van der Waals surface area contributed by atoms with E-state index in [-0.39, 0.29) is 11.4 Å². The van der Waals surface area contributed by atoms with Gasteiger partial charge in [-0.25, -0.2) is 21.9 Å². The van der Waals surface area contributed by atoms with Crippen molar-refractivity contribution in [3.05, 3.63) is 16.3 Å². The Kier molecular flexibility index (Phi) is 4.14. The van der Waals surface area contributed by atoms with E-state index in [4.69, 9.17) is 5.73 Å². The molecule has 0 atom stereocenters. The van der Waals surface area contributed by atoms with Crippen LogP contribution in [0.4, 0.5) is 8.78 Å². The predicted molar refractivity (Wildman–Crippen MR) is 53.4 cm³/mol. The lowest BCUT2D eigenvalue weighted by molar-refractivity contribution is 0.153. The van der Waals surface area contributed by atoms with Crippen molar-refractivity contribution in [1.29, 1.82) is 0 Å². The number of hydrogen-bond donors (Lipinski definition) is 2. The first kappa shape index (κ1) is 12.5. The summed E-state index contributed by atoms with van der Waals surface area (Å²) in [5.74, 6) is 0. The van der Waals surface area contributed by atoms with Gasteiger partial charge in [0, 0.05) is 11.4 Å². The fourth-order valence-electron chi connectivity index (χ4n) is 0.968. The summed E-state index contributed by atoms with van der Waals surface area (Å²) in [5.41, 5.74) is 5.32. The molecule has 0 bridgehead atoms. The van der Waals surface area contributed by atoms with Crippen molar-refractivity contribution in [2.75, 3.05) is 6.54 Å². The van der Waals surface area contributed by atoms with Gasteiger partial charge in [-0.1, -0.05) is 0 Å². The van der Waals surface area contributed by atoms with E-state index in [0.717, 1.165) is 0 Å². The number of thiophene rings is 1. The maximum atomic E-state index is 11.8. The third kappa shape index (κ3) is 3.20. The number of nitrogens with one attached hydrogen (secondary N) is 1. The second-order valence-corrected chi connectivity index (χ2v) is 5.39. The molecule has 1 rings (SSSR count). The number of rotatable bonds is 5. The molecule has 0 aliphatic heterocycles. The average Bonchev–Trinajstić information content (AvgIpc) is 2.63. The van der Waals surface area contributed by atoms with Crippen LogP contribution in [0.2, 0.25) is 0 Å². The summed E-state index contributed by atoms with van der Waals surface area (Å²) in [6.07, 6.45) is -2.71. The van der Waals surface area contributed by atoms with Gasteiger partial charge in [0.15, 0.2) is 0 Å². The monoisotopic (exact) mass is 256 g/mol. The van der Waals surface area contributed by atoms with Gasteiger partial charge < -0.3 is 5.73 Å². The summed E-state index contributed by atoms with van der Waals surface area (Å²) in [6.45, 7) is -0.815. The Hall–Kier alpha value is -0.570. The highest BCUT2D eigenvalue weighted by molar-refractivity contribution is 7.89. The van der Waals surface area contributed by atoms with E-state index >= 15 is 0 Å². The average molecular weight is 256 g/mol. The van der Waals surface area contributed by atoms with Gasteiger partial charge in [0.1, 0.15) is 0 Å². The number of hydrogen-bond acceptors (Lipinski definition) is 4. The third-order valence-corrected chi connectivity index (χ3v) is 4.19. The molecule has 0 fully saturated rings. The molecule has 1 aromatic rings. The highest BCUT2D eigenvalue weighted by atomic mass is 32.2. The van der Waals surface area contributed by atoms with Crippen molar-refractivity contribution < 1.29 is 17.2 Å². The standard InChI is InChI=1S/C7H10F2N2O2S2/c8-7(9)4-11-15(12,13)6-1-2-14-5(6)3-10/h1-2,7,11H,3-4,10H2. The molecule has 0 radical (unpaired) electrons. The lowest BCUT2D eigenvalue weighted by Crippen LogP contribution is -2.29. The molecule has 1 heterocycles. The van der Waals surface area contributed by atoms with Crippen LogP contribution in [0.25, 0.3) is 0 Å². The van der Waals surface area contributed by atoms with Crippen LogP contribution in [0.1, 0.15) is 4.88 Å². The minimum Gasteiger partial charge on any atom is -0.326 e.